The molecule has 0 aliphatic heterocycles. The number of terminal acetylenes is 1. The summed E-state index contributed by atoms with van der Waals surface area (Å²) in [4.78, 5) is 11.9. The van der Waals surface area contributed by atoms with Gasteiger partial charge < -0.3 is 10.2 Å². The zero-order valence-electron chi connectivity index (χ0n) is 14.8. The number of aliphatic hydroxyl groups is 2. The molecule has 0 radical (unpaired) electrons. The summed E-state index contributed by atoms with van der Waals surface area (Å²) in [5, 5.41) is 22.8. The second-order valence-electron chi connectivity index (χ2n) is 9.10. The van der Waals surface area contributed by atoms with E-state index in [4.69, 9.17) is 6.42 Å². The SMILES string of the molecule is C#CC1(O)CC[C@H]2[C@@H]3CCC4=CC(=O)CC[C@]4(C)[C@@]3(O)CC[C@@]21C. The largest absolute Gasteiger partial charge is 0.389 e. The van der Waals surface area contributed by atoms with Gasteiger partial charge in [-0.2, -0.15) is 0 Å². The lowest BCUT2D eigenvalue weighted by molar-refractivity contribution is -0.202. The molecule has 4 aliphatic carbocycles. The average Bonchev–Trinajstić information content (AvgIpc) is 2.82. The Kier molecular flexibility index (Phi) is 3.23. The third kappa shape index (κ3) is 1.69. The van der Waals surface area contributed by atoms with Crippen molar-refractivity contribution in [2.75, 3.05) is 0 Å². The molecule has 2 N–H and O–H groups in total. The monoisotopic (exact) mass is 328 g/mol. The highest BCUT2D eigenvalue weighted by molar-refractivity contribution is 5.91. The molecule has 24 heavy (non-hydrogen) atoms. The van der Waals surface area contributed by atoms with E-state index in [0.717, 1.165) is 37.7 Å². The molecule has 0 saturated heterocycles. The van der Waals surface area contributed by atoms with Crippen LogP contribution in [0, 0.1) is 35.0 Å². The number of ketones is 1. The third-order valence-electron chi connectivity index (χ3n) is 8.54. The van der Waals surface area contributed by atoms with Crippen LogP contribution in [0.2, 0.25) is 0 Å². The van der Waals surface area contributed by atoms with Crippen molar-refractivity contribution < 1.29 is 15.0 Å². The normalized spacial score (nSPS) is 53.5. The van der Waals surface area contributed by atoms with Crippen molar-refractivity contribution in [3.8, 4) is 12.3 Å². The molecule has 0 spiro atoms. The number of carbonyl (C=O) groups excluding carboxylic acids is 1. The summed E-state index contributed by atoms with van der Waals surface area (Å²) in [6.45, 7) is 4.28. The predicted octanol–water partition coefficient (Wildman–Crippen LogP) is 3.00. The number of carbonyl (C=O) groups is 1. The van der Waals surface area contributed by atoms with Crippen molar-refractivity contribution in [2.45, 2.75) is 76.4 Å². The molecular formula is C21H28O3. The quantitative estimate of drug-likeness (QED) is 0.672. The lowest BCUT2D eigenvalue weighted by atomic mass is 9.44. The zero-order valence-corrected chi connectivity index (χ0v) is 14.8. The predicted molar refractivity (Wildman–Crippen MR) is 92.0 cm³/mol. The van der Waals surface area contributed by atoms with E-state index in [1.165, 1.54) is 0 Å². The fourth-order valence-corrected chi connectivity index (χ4v) is 6.76. The second-order valence-corrected chi connectivity index (χ2v) is 9.10. The van der Waals surface area contributed by atoms with Crippen LogP contribution in [0.3, 0.4) is 0 Å². The highest BCUT2D eigenvalue weighted by Gasteiger charge is 2.68. The zero-order chi connectivity index (χ0) is 17.4. The molecule has 130 valence electrons. The first-order valence-corrected chi connectivity index (χ1v) is 9.37. The van der Waals surface area contributed by atoms with Gasteiger partial charge in [-0.05, 0) is 62.9 Å². The van der Waals surface area contributed by atoms with Crippen molar-refractivity contribution in [2.24, 2.45) is 22.7 Å². The van der Waals surface area contributed by atoms with Gasteiger partial charge in [0.1, 0.15) is 5.60 Å². The molecular weight excluding hydrogens is 300 g/mol. The molecule has 0 heterocycles. The Bertz CT molecular complexity index is 673. The molecule has 4 rings (SSSR count). The minimum Gasteiger partial charge on any atom is -0.389 e. The summed E-state index contributed by atoms with van der Waals surface area (Å²) in [6, 6.07) is 0. The molecule has 3 heteroatoms. The Morgan fingerprint density at radius 3 is 2.54 bits per heavy atom. The molecule has 6 atom stereocenters. The molecule has 0 aromatic carbocycles. The van der Waals surface area contributed by atoms with Crippen LogP contribution in [0.25, 0.3) is 0 Å². The van der Waals surface area contributed by atoms with Crippen LogP contribution in [0.15, 0.2) is 11.6 Å². The smallest absolute Gasteiger partial charge is 0.155 e. The number of hydrogen-bond donors (Lipinski definition) is 2. The maximum absolute atomic E-state index is 11.9. The number of rotatable bonds is 0. The molecule has 1 unspecified atom stereocenters. The molecule has 0 aromatic rings. The first kappa shape index (κ1) is 16.4. The van der Waals surface area contributed by atoms with Crippen LogP contribution in [-0.4, -0.2) is 27.2 Å². The Balaban J connectivity index is 1.77. The molecule has 3 nitrogen and oxygen atoms in total. The van der Waals surface area contributed by atoms with Gasteiger partial charge >= 0.3 is 0 Å². The maximum Gasteiger partial charge on any atom is 0.155 e. The fourth-order valence-electron chi connectivity index (χ4n) is 6.76. The van der Waals surface area contributed by atoms with Crippen molar-refractivity contribution in [1.82, 2.24) is 0 Å². The van der Waals surface area contributed by atoms with Crippen molar-refractivity contribution >= 4 is 5.78 Å². The van der Waals surface area contributed by atoms with E-state index in [1.807, 2.05) is 0 Å². The van der Waals surface area contributed by atoms with Gasteiger partial charge in [-0.3, -0.25) is 4.79 Å². The Morgan fingerprint density at radius 2 is 1.83 bits per heavy atom. The van der Waals surface area contributed by atoms with Crippen molar-refractivity contribution in [3.05, 3.63) is 11.6 Å². The van der Waals surface area contributed by atoms with Crippen LogP contribution >= 0.6 is 0 Å². The van der Waals surface area contributed by atoms with Crippen molar-refractivity contribution in [3.63, 3.8) is 0 Å². The Labute approximate surface area is 144 Å². The van der Waals surface area contributed by atoms with E-state index < -0.39 is 11.2 Å². The summed E-state index contributed by atoms with van der Waals surface area (Å²) >= 11 is 0. The summed E-state index contributed by atoms with van der Waals surface area (Å²) in [5.74, 6) is 3.30. The first-order chi connectivity index (χ1) is 11.2. The van der Waals surface area contributed by atoms with Gasteiger partial charge in [-0.15, -0.1) is 6.42 Å². The molecule has 4 aliphatic rings. The molecule has 0 amide bonds. The first-order valence-electron chi connectivity index (χ1n) is 9.37. The average molecular weight is 328 g/mol. The Hall–Kier alpha value is -1.11. The van der Waals surface area contributed by atoms with Gasteiger partial charge in [0.15, 0.2) is 5.78 Å². The van der Waals surface area contributed by atoms with Gasteiger partial charge in [0.2, 0.25) is 0 Å². The molecule has 3 saturated carbocycles. The van der Waals surface area contributed by atoms with E-state index in [-0.39, 0.29) is 28.4 Å². The highest BCUT2D eigenvalue weighted by atomic mass is 16.3. The fraction of sp³-hybridized carbons (Fsp3) is 0.762. The minimum absolute atomic E-state index is 0.161. The molecule has 0 aromatic heterocycles. The van der Waals surface area contributed by atoms with Crippen LogP contribution in [0.5, 0.6) is 0 Å². The van der Waals surface area contributed by atoms with E-state index in [1.54, 1.807) is 6.08 Å². The van der Waals surface area contributed by atoms with E-state index in [9.17, 15) is 15.0 Å². The van der Waals surface area contributed by atoms with E-state index >= 15 is 0 Å². The molecule has 0 bridgehead atoms. The van der Waals surface area contributed by atoms with E-state index in [2.05, 4.69) is 19.8 Å². The van der Waals surface area contributed by atoms with Gasteiger partial charge in [-0.1, -0.05) is 25.3 Å². The van der Waals surface area contributed by atoms with Crippen LogP contribution in [0.1, 0.15) is 65.2 Å². The van der Waals surface area contributed by atoms with Crippen LogP contribution in [-0.2, 0) is 4.79 Å². The minimum atomic E-state index is -1.04. The number of hydrogen-bond acceptors (Lipinski definition) is 3. The maximum atomic E-state index is 11.9. The van der Waals surface area contributed by atoms with Gasteiger partial charge in [0, 0.05) is 17.3 Å². The highest BCUT2D eigenvalue weighted by Crippen LogP contribution is 2.68. The lowest BCUT2D eigenvalue weighted by Crippen LogP contribution is -2.64. The van der Waals surface area contributed by atoms with Crippen LogP contribution < -0.4 is 0 Å². The lowest BCUT2D eigenvalue weighted by Gasteiger charge is -2.63. The third-order valence-corrected chi connectivity index (χ3v) is 8.54. The van der Waals surface area contributed by atoms with E-state index in [0.29, 0.717) is 19.3 Å². The summed E-state index contributed by atoms with van der Waals surface area (Å²) in [7, 11) is 0. The summed E-state index contributed by atoms with van der Waals surface area (Å²) in [6.07, 6.45) is 13.5. The second kappa shape index (κ2) is 4.74. The molecule has 3 fully saturated rings. The van der Waals surface area contributed by atoms with Gasteiger partial charge in [0.05, 0.1) is 5.60 Å². The van der Waals surface area contributed by atoms with Gasteiger partial charge in [-0.25, -0.2) is 0 Å². The topological polar surface area (TPSA) is 57.5 Å². The summed E-state index contributed by atoms with van der Waals surface area (Å²) in [5.41, 5.74) is -1.28. The number of fused-ring (bicyclic) bond motifs is 5. The summed E-state index contributed by atoms with van der Waals surface area (Å²) < 4.78 is 0. The standard InChI is InChI=1S/C21H28O3/c1-4-20(23)10-8-16-17-6-5-14-13-15(22)7-9-18(14,2)21(17,24)12-11-19(16,20)3/h1,13,16-17,23-24H,5-12H2,2-3H3/t16-,17-,18-,19-,20?,21+/m0/s1. The van der Waals surface area contributed by atoms with Crippen molar-refractivity contribution in [1.29, 1.82) is 0 Å². The Morgan fingerprint density at radius 1 is 1.08 bits per heavy atom. The van der Waals surface area contributed by atoms with Crippen LogP contribution in [0.4, 0.5) is 0 Å². The van der Waals surface area contributed by atoms with Gasteiger partial charge in [0.25, 0.3) is 0 Å².